The van der Waals surface area contributed by atoms with E-state index in [2.05, 4.69) is 10.6 Å². The Morgan fingerprint density at radius 2 is 2.29 bits per heavy atom. The number of nitrogens with one attached hydrogen (secondary N) is 2. The minimum Gasteiger partial charge on any atom is -0.480 e. The van der Waals surface area contributed by atoms with Crippen LogP contribution in [-0.2, 0) is 11.3 Å². The van der Waals surface area contributed by atoms with Gasteiger partial charge < -0.3 is 20.2 Å². The predicted molar refractivity (Wildman–Crippen MR) is 58.2 cm³/mol. The molecule has 1 fully saturated rings. The van der Waals surface area contributed by atoms with Gasteiger partial charge in [0, 0.05) is 0 Å². The molecule has 6 nitrogen and oxygen atoms in total. The van der Waals surface area contributed by atoms with Crippen molar-refractivity contribution in [1.29, 1.82) is 0 Å². The molecule has 2 amide bonds. The monoisotopic (exact) mass is 238 g/mol. The van der Waals surface area contributed by atoms with E-state index in [1.807, 2.05) is 0 Å². The number of carbonyl (C=O) groups is 2. The molecule has 92 valence electrons. The highest BCUT2D eigenvalue weighted by molar-refractivity contribution is 5.83. The van der Waals surface area contributed by atoms with Crippen molar-refractivity contribution in [2.24, 2.45) is 5.92 Å². The number of carboxylic acids is 1. The average molecular weight is 238 g/mol. The van der Waals surface area contributed by atoms with E-state index in [9.17, 15) is 9.59 Å². The van der Waals surface area contributed by atoms with Crippen LogP contribution < -0.4 is 10.6 Å². The summed E-state index contributed by atoms with van der Waals surface area (Å²) in [5.41, 5.74) is 0. The summed E-state index contributed by atoms with van der Waals surface area (Å²) >= 11 is 0. The average Bonchev–Trinajstić information content (AvgIpc) is 2.99. The molecule has 0 saturated heterocycles. The summed E-state index contributed by atoms with van der Waals surface area (Å²) in [6.45, 7) is 0.246. The van der Waals surface area contributed by atoms with Crippen molar-refractivity contribution in [3.63, 3.8) is 0 Å². The molecule has 1 saturated carbocycles. The molecule has 2 rings (SSSR count). The summed E-state index contributed by atoms with van der Waals surface area (Å²) in [6.07, 6.45) is 3.23. The Morgan fingerprint density at radius 3 is 2.82 bits per heavy atom. The van der Waals surface area contributed by atoms with Crippen LogP contribution in [-0.4, -0.2) is 23.1 Å². The molecule has 0 bridgehead atoms. The van der Waals surface area contributed by atoms with Crippen molar-refractivity contribution < 1.29 is 19.1 Å². The van der Waals surface area contributed by atoms with Crippen LogP contribution in [0.3, 0.4) is 0 Å². The molecule has 1 aliphatic rings. The highest BCUT2D eigenvalue weighted by Crippen LogP contribution is 2.32. The summed E-state index contributed by atoms with van der Waals surface area (Å²) in [5.74, 6) is -0.291. The fourth-order valence-corrected chi connectivity index (χ4v) is 1.58. The number of carboxylic acid groups (broad SMARTS) is 1. The third-order valence-corrected chi connectivity index (χ3v) is 2.65. The fourth-order valence-electron chi connectivity index (χ4n) is 1.58. The molecule has 3 N–H and O–H groups in total. The Hall–Kier alpha value is -1.98. The van der Waals surface area contributed by atoms with Gasteiger partial charge in [-0.05, 0) is 30.9 Å². The number of rotatable bonds is 5. The van der Waals surface area contributed by atoms with Crippen LogP contribution in [0, 0.1) is 5.92 Å². The Morgan fingerprint density at radius 1 is 1.53 bits per heavy atom. The van der Waals surface area contributed by atoms with E-state index in [0.29, 0.717) is 5.76 Å². The van der Waals surface area contributed by atoms with E-state index in [-0.39, 0.29) is 12.5 Å². The van der Waals surface area contributed by atoms with Gasteiger partial charge in [-0.1, -0.05) is 0 Å². The molecule has 1 unspecified atom stereocenters. The van der Waals surface area contributed by atoms with Crippen molar-refractivity contribution in [3.8, 4) is 0 Å². The third kappa shape index (κ3) is 3.24. The lowest BCUT2D eigenvalue weighted by molar-refractivity contribution is -0.139. The molecule has 1 heterocycles. The predicted octanol–water partition coefficient (Wildman–Crippen LogP) is 0.942. The van der Waals surface area contributed by atoms with Crippen LogP contribution in [0.15, 0.2) is 22.8 Å². The first-order valence-corrected chi connectivity index (χ1v) is 5.46. The largest absolute Gasteiger partial charge is 0.480 e. The summed E-state index contributed by atoms with van der Waals surface area (Å²) in [6, 6.07) is 2.18. The molecule has 6 heteroatoms. The molecule has 1 aliphatic carbocycles. The van der Waals surface area contributed by atoms with E-state index in [4.69, 9.17) is 9.52 Å². The highest BCUT2D eigenvalue weighted by atomic mass is 16.4. The SMILES string of the molecule is O=C(NCc1ccco1)NC(C(=O)O)C1CC1. The molecular weight excluding hydrogens is 224 g/mol. The van der Waals surface area contributed by atoms with Crippen molar-refractivity contribution in [2.75, 3.05) is 0 Å². The Kier molecular flexibility index (Phi) is 3.32. The molecule has 0 radical (unpaired) electrons. The quantitative estimate of drug-likeness (QED) is 0.712. The lowest BCUT2D eigenvalue weighted by Crippen LogP contribution is -2.46. The minimum absolute atomic E-state index is 0.0712. The first-order chi connectivity index (χ1) is 8.16. The zero-order valence-electron chi connectivity index (χ0n) is 9.18. The maximum Gasteiger partial charge on any atom is 0.326 e. The lowest BCUT2D eigenvalue weighted by atomic mass is 10.2. The molecule has 0 aromatic carbocycles. The van der Waals surface area contributed by atoms with Crippen molar-refractivity contribution in [3.05, 3.63) is 24.2 Å². The van der Waals surface area contributed by atoms with Crippen LogP contribution in [0.5, 0.6) is 0 Å². The first-order valence-electron chi connectivity index (χ1n) is 5.46. The fraction of sp³-hybridized carbons (Fsp3) is 0.455. The van der Waals surface area contributed by atoms with Gasteiger partial charge in [0.05, 0.1) is 12.8 Å². The van der Waals surface area contributed by atoms with Crippen molar-refractivity contribution in [2.45, 2.75) is 25.4 Å². The number of hydrogen-bond donors (Lipinski definition) is 3. The van der Waals surface area contributed by atoms with E-state index in [0.717, 1.165) is 12.8 Å². The Balaban J connectivity index is 1.77. The molecule has 0 spiro atoms. The van der Waals surface area contributed by atoms with Gasteiger partial charge in [0.15, 0.2) is 0 Å². The van der Waals surface area contributed by atoms with Gasteiger partial charge >= 0.3 is 12.0 Å². The summed E-state index contributed by atoms with van der Waals surface area (Å²) in [7, 11) is 0. The Bertz CT molecular complexity index is 398. The van der Waals surface area contributed by atoms with Crippen LogP contribution in [0.1, 0.15) is 18.6 Å². The molecular formula is C11H14N2O4. The molecule has 1 aromatic heterocycles. The van der Waals surface area contributed by atoms with Crippen LogP contribution in [0.4, 0.5) is 4.79 Å². The highest BCUT2D eigenvalue weighted by Gasteiger charge is 2.37. The molecule has 1 aromatic rings. The number of urea groups is 1. The second-order valence-corrected chi connectivity index (χ2v) is 4.06. The van der Waals surface area contributed by atoms with E-state index < -0.39 is 18.0 Å². The standard InChI is InChI=1S/C11H14N2O4/c14-10(15)9(7-3-4-7)13-11(16)12-6-8-2-1-5-17-8/h1-2,5,7,9H,3-4,6H2,(H,14,15)(H2,12,13,16). The van der Waals surface area contributed by atoms with Gasteiger partial charge in [-0.25, -0.2) is 9.59 Å². The maximum absolute atomic E-state index is 11.5. The lowest BCUT2D eigenvalue weighted by Gasteiger charge is -2.13. The van der Waals surface area contributed by atoms with Crippen LogP contribution in [0.2, 0.25) is 0 Å². The second kappa shape index (κ2) is 4.90. The third-order valence-electron chi connectivity index (χ3n) is 2.65. The number of carbonyl (C=O) groups excluding carboxylic acids is 1. The zero-order valence-corrected chi connectivity index (χ0v) is 9.18. The van der Waals surface area contributed by atoms with Crippen LogP contribution in [0.25, 0.3) is 0 Å². The number of amides is 2. The smallest absolute Gasteiger partial charge is 0.326 e. The summed E-state index contributed by atoms with van der Waals surface area (Å²) in [5, 5.41) is 13.9. The summed E-state index contributed by atoms with van der Waals surface area (Å²) < 4.78 is 5.04. The Labute approximate surface area is 98.0 Å². The van der Waals surface area contributed by atoms with Crippen molar-refractivity contribution >= 4 is 12.0 Å². The summed E-state index contributed by atoms with van der Waals surface area (Å²) in [4.78, 5) is 22.3. The van der Waals surface area contributed by atoms with Gasteiger partial charge in [-0.3, -0.25) is 0 Å². The number of hydrogen-bond acceptors (Lipinski definition) is 3. The second-order valence-electron chi connectivity index (χ2n) is 4.06. The van der Waals surface area contributed by atoms with Crippen molar-refractivity contribution in [1.82, 2.24) is 10.6 Å². The number of furan rings is 1. The van der Waals surface area contributed by atoms with Gasteiger partial charge in [-0.2, -0.15) is 0 Å². The van der Waals surface area contributed by atoms with Gasteiger partial charge in [0.1, 0.15) is 11.8 Å². The molecule has 0 aliphatic heterocycles. The molecule has 17 heavy (non-hydrogen) atoms. The zero-order chi connectivity index (χ0) is 12.3. The molecule has 1 atom stereocenters. The topological polar surface area (TPSA) is 91.6 Å². The van der Waals surface area contributed by atoms with E-state index in [1.54, 1.807) is 12.1 Å². The van der Waals surface area contributed by atoms with Gasteiger partial charge in [-0.15, -0.1) is 0 Å². The first kappa shape index (κ1) is 11.5. The van der Waals surface area contributed by atoms with Crippen LogP contribution >= 0.6 is 0 Å². The number of aliphatic carboxylic acids is 1. The maximum atomic E-state index is 11.5. The minimum atomic E-state index is -0.986. The van der Waals surface area contributed by atoms with E-state index in [1.165, 1.54) is 6.26 Å². The van der Waals surface area contributed by atoms with E-state index >= 15 is 0 Å². The van der Waals surface area contributed by atoms with Gasteiger partial charge in [0.25, 0.3) is 0 Å². The van der Waals surface area contributed by atoms with Gasteiger partial charge in [0.2, 0.25) is 0 Å². The normalized spacial score (nSPS) is 16.2.